The molecule has 0 fully saturated rings. The van der Waals surface area contributed by atoms with Gasteiger partial charge in [-0.15, -0.1) is 0 Å². The summed E-state index contributed by atoms with van der Waals surface area (Å²) in [6, 6.07) is 12.8. The van der Waals surface area contributed by atoms with Crippen LogP contribution in [0.5, 0.6) is 0 Å². The number of carboxylic acid groups (broad SMARTS) is 1. The van der Waals surface area contributed by atoms with Crippen molar-refractivity contribution in [3.05, 3.63) is 53.9 Å². The normalized spacial score (nSPS) is 10.8. The summed E-state index contributed by atoms with van der Waals surface area (Å²) in [6.45, 7) is 1.88. The number of aromatic carboxylic acids is 1. The van der Waals surface area contributed by atoms with E-state index in [0.717, 1.165) is 16.8 Å². The van der Waals surface area contributed by atoms with Crippen LogP contribution < -0.4 is 0 Å². The first-order valence-electron chi connectivity index (χ1n) is 5.82. The van der Waals surface area contributed by atoms with Gasteiger partial charge in [0.25, 0.3) is 0 Å². The second-order valence-electron chi connectivity index (χ2n) is 4.21. The van der Waals surface area contributed by atoms with Gasteiger partial charge in [-0.3, -0.25) is 0 Å². The molecule has 0 amide bonds. The highest BCUT2D eigenvalue weighted by Crippen LogP contribution is 2.20. The van der Waals surface area contributed by atoms with E-state index >= 15 is 0 Å². The number of para-hydroxylation sites is 1. The van der Waals surface area contributed by atoms with E-state index in [4.69, 9.17) is 5.11 Å². The Morgan fingerprint density at radius 1 is 1.16 bits per heavy atom. The molecule has 1 N–H and O–H groups in total. The molecule has 2 aromatic heterocycles. The van der Waals surface area contributed by atoms with E-state index in [-0.39, 0.29) is 5.69 Å². The van der Waals surface area contributed by atoms with Crippen LogP contribution in [0, 0.1) is 6.92 Å². The van der Waals surface area contributed by atoms with Crippen molar-refractivity contribution in [1.82, 2.24) is 14.8 Å². The highest BCUT2D eigenvalue weighted by Gasteiger charge is 2.13. The highest BCUT2D eigenvalue weighted by molar-refractivity contribution is 5.89. The third-order valence-corrected chi connectivity index (χ3v) is 2.94. The molecule has 0 spiro atoms. The van der Waals surface area contributed by atoms with Gasteiger partial charge in [0, 0.05) is 5.39 Å². The minimum Gasteiger partial charge on any atom is -0.477 e. The van der Waals surface area contributed by atoms with Crippen LogP contribution in [0.15, 0.2) is 42.5 Å². The molecule has 2 heterocycles. The number of benzene rings is 1. The molecule has 0 aliphatic rings. The molecular weight excluding hydrogens is 242 g/mol. The van der Waals surface area contributed by atoms with Crippen molar-refractivity contribution in [2.24, 2.45) is 0 Å². The zero-order chi connectivity index (χ0) is 13.4. The van der Waals surface area contributed by atoms with E-state index in [0.29, 0.717) is 5.65 Å². The van der Waals surface area contributed by atoms with Crippen molar-refractivity contribution in [1.29, 1.82) is 0 Å². The molecule has 5 nitrogen and oxygen atoms in total. The molecule has 1 aromatic carbocycles. The molecule has 0 aliphatic carbocycles. The zero-order valence-electron chi connectivity index (χ0n) is 10.2. The number of hydrogen-bond donors (Lipinski definition) is 1. The lowest BCUT2D eigenvalue weighted by Gasteiger charge is -2.02. The van der Waals surface area contributed by atoms with Gasteiger partial charge in [-0.25, -0.2) is 14.5 Å². The van der Waals surface area contributed by atoms with Crippen molar-refractivity contribution < 1.29 is 9.90 Å². The first kappa shape index (κ1) is 11.4. The van der Waals surface area contributed by atoms with Gasteiger partial charge < -0.3 is 5.11 Å². The lowest BCUT2D eigenvalue weighted by Crippen LogP contribution is -2.03. The summed E-state index contributed by atoms with van der Waals surface area (Å²) in [5.41, 5.74) is 2.26. The average Bonchev–Trinajstić information content (AvgIpc) is 2.77. The SMILES string of the molecule is Cc1nn(-c2ccccc2)c2nc(C(=O)O)ccc12. The number of aromatic nitrogens is 3. The fourth-order valence-corrected chi connectivity index (χ4v) is 2.01. The largest absolute Gasteiger partial charge is 0.477 e. The average molecular weight is 253 g/mol. The van der Waals surface area contributed by atoms with E-state index in [1.807, 2.05) is 37.3 Å². The summed E-state index contributed by atoms with van der Waals surface area (Å²) in [5.74, 6) is -1.04. The molecule has 0 atom stereocenters. The van der Waals surface area contributed by atoms with E-state index in [9.17, 15) is 4.79 Å². The lowest BCUT2D eigenvalue weighted by molar-refractivity contribution is 0.0691. The third-order valence-electron chi connectivity index (χ3n) is 2.94. The molecule has 3 aromatic rings. The molecule has 0 aliphatic heterocycles. The second kappa shape index (κ2) is 4.20. The Bertz CT molecular complexity index is 763. The maximum atomic E-state index is 11.0. The first-order valence-corrected chi connectivity index (χ1v) is 5.82. The number of nitrogens with zero attached hydrogens (tertiary/aromatic N) is 3. The van der Waals surface area contributed by atoms with Crippen LogP contribution in [-0.2, 0) is 0 Å². The molecule has 0 radical (unpaired) electrons. The molecule has 0 saturated heterocycles. The molecule has 3 rings (SSSR count). The van der Waals surface area contributed by atoms with Gasteiger partial charge in [0.1, 0.15) is 0 Å². The maximum Gasteiger partial charge on any atom is 0.354 e. The third kappa shape index (κ3) is 1.85. The van der Waals surface area contributed by atoms with E-state index in [1.54, 1.807) is 10.7 Å². The lowest BCUT2D eigenvalue weighted by atomic mass is 10.2. The minimum atomic E-state index is -1.04. The number of hydrogen-bond acceptors (Lipinski definition) is 3. The van der Waals surface area contributed by atoms with Gasteiger partial charge in [0.2, 0.25) is 0 Å². The fraction of sp³-hybridized carbons (Fsp3) is 0.0714. The predicted octanol–water partition coefficient (Wildman–Crippen LogP) is 2.43. The molecule has 94 valence electrons. The minimum absolute atomic E-state index is 0.0181. The number of rotatable bonds is 2. The monoisotopic (exact) mass is 253 g/mol. The van der Waals surface area contributed by atoms with Gasteiger partial charge in [-0.05, 0) is 31.2 Å². The van der Waals surface area contributed by atoms with Crippen molar-refractivity contribution in [3.63, 3.8) is 0 Å². The van der Waals surface area contributed by atoms with Crippen LogP contribution in [0.3, 0.4) is 0 Å². The molecule has 0 bridgehead atoms. The Hall–Kier alpha value is -2.69. The van der Waals surface area contributed by atoms with E-state index in [1.165, 1.54) is 6.07 Å². The van der Waals surface area contributed by atoms with Crippen LogP contribution >= 0.6 is 0 Å². The fourth-order valence-electron chi connectivity index (χ4n) is 2.01. The standard InChI is InChI=1S/C14H11N3O2/c1-9-11-7-8-12(14(18)19)15-13(11)17(16-9)10-5-3-2-4-6-10/h2-8H,1H3,(H,18,19). The van der Waals surface area contributed by atoms with Gasteiger partial charge in [0.05, 0.1) is 11.4 Å². The summed E-state index contributed by atoms with van der Waals surface area (Å²) >= 11 is 0. The van der Waals surface area contributed by atoms with Crippen LogP contribution in [0.1, 0.15) is 16.2 Å². The first-order chi connectivity index (χ1) is 9.16. The van der Waals surface area contributed by atoms with Crippen molar-refractivity contribution >= 4 is 17.0 Å². The summed E-state index contributed by atoms with van der Waals surface area (Å²) < 4.78 is 1.66. The Morgan fingerprint density at radius 3 is 2.58 bits per heavy atom. The smallest absolute Gasteiger partial charge is 0.354 e. The summed E-state index contributed by atoms with van der Waals surface area (Å²) in [6.07, 6.45) is 0. The number of pyridine rings is 1. The van der Waals surface area contributed by atoms with Crippen LogP contribution in [0.2, 0.25) is 0 Å². The maximum absolute atomic E-state index is 11.0. The van der Waals surface area contributed by atoms with Crippen LogP contribution in [0.25, 0.3) is 16.7 Å². The summed E-state index contributed by atoms with van der Waals surface area (Å²) in [7, 11) is 0. The number of carbonyl (C=O) groups is 1. The number of carboxylic acids is 1. The van der Waals surface area contributed by atoms with Crippen LogP contribution in [-0.4, -0.2) is 25.8 Å². The Labute approximate surface area is 109 Å². The van der Waals surface area contributed by atoms with Gasteiger partial charge in [-0.1, -0.05) is 18.2 Å². The number of aryl methyl sites for hydroxylation is 1. The highest BCUT2D eigenvalue weighted by atomic mass is 16.4. The molecule has 0 saturated carbocycles. The molecule has 5 heteroatoms. The molecular formula is C14H11N3O2. The quantitative estimate of drug-likeness (QED) is 0.761. The Kier molecular flexibility index (Phi) is 2.52. The van der Waals surface area contributed by atoms with Crippen LogP contribution in [0.4, 0.5) is 0 Å². The van der Waals surface area contributed by atoms with E-state index < -0.39 is 5.97 Å². The van der Waals surface area contributed by atoms with Crippen molar-refractivity contribution in [2.75, 3.05) is 0 Å². The molecule has 19 heavy (non-hydrogen) atoms. The summed E-state index contributed by atoms with van der Waals surface area (Å²) in [4.78, 5) is 15.2. The van der Waals surface area contributed by atoms with Gasteiger partial charge in [0.15, 0.2) is 11.3 Å². The molecule has 0 unspecified atom stereocenters. The van der Waals surface area contributed by atoms with Gasteiger partial charge >= 0.3 is 5.97 Å². The Balaban J connectivity index is 2.30. The predicted molar refractivity (Wildman–Crippen MR) is 70.6 cm³/mol. The Morgan fingerprint density at radius 2 is 1.89 bits per heavy atom. The van der Waals surface area contributed by atoms with Crippen molar-refractivity contribution in [2.45, 2.75) is 6.92 Å². The summed E-state index contributed by atoms with van der Waals surface area (Å²) in [5, 5.41) is 14.3. The topological polar surface area (TPSA) is 68.0 Å². The van der Waals surface area contributed by atoms with Gasteiger partial charge in [-0.2, -0.15) is 5.10 Å². The van der Waals surface area contributed by atoms with Crippen molar-refractivity contribution in [3.8, 4) is 5.69 Å². The zero-order valence-corrected chi connectivity index (χ0v) is 10.2. The second-order valence-corrected chi connectivity index (χ2v) is 4.21. The number of fused-ring (bicyclic) bond motifs is 1. The van der Waals surface area contributed by atoms with E-state index in [2.05, 4.69) is 10.1 Å².